The van der Waals surface area contributed by atoms with Gasteiger partial charge in [-0.3, -0.25) is 4.90 Å². The van der Waals surface area contributed by atoms with E-state index in [0.717, 1.165) is 46.7 Å². The maximum Gasteiger partial charge on any atom is 0.414 e. The van der Waals surface area contributed by atoms with Crippen LogP contribution in [0.4, 0.5) is 16.3 Å². The van der Waals surface area contributed by atoms with Gasteiger partial charge in [-0.05, 0) is 39.5 Å². The number of carbonyl (C=O) groups excluding carboxylic acids is 1. The Morgan fingerprint density at radius 3 is 2.93 bits per heavy atom. The zero-order valence-electron chi connectivity index (χ0n) is 14.7. The summed E-state index contributed by atoms with van der Waals surface area (Å²) in [6.07, 6.45) is 2.15. The number of fused-ring (bicyclic) bond motifs is 2. The molecule has 0 spiro atoms. The summed E-state index contributed by atoms with van der Waals surface area (Å²) in [5.41, 5.74) is 4.17. The summed E-state index contributed by atoms with van der Waals surface area (Å²) in [7, 11) is 1.87. The Kier molecular flexibility index (Phi) is 3.78. The van der Waals surface area contributed by atoms with Crippen molar-refractivity contribution in [1.29, 1.82) is 0 Å². The maximum absolute atomic E-state index is 12.0. The smallest absolute Gasteiger partial charge is 0.414 e. The van der Waals surface area contributed by atoms with Crippen LogP contribution in [0.25, 0.3) is 11.0 Å². The van der Waals surface area contributed by atoms with E-state index < -0.39 is 0 Å². The maximum atomic E-state index is 12.0. The van der Waals surface area contributed by atoms with Gasteiger partial charge < -0.3 is 9.64 Å². The summed E-state index contributed by atoms with van der Waals surface area (Å²) in [5.74, 6) is 0.872. The van der Waals surface area contributed by atoms with E-state index in [1.54, 1.807) is 15.9 Å². The normalized spacial score (nSPS) is 16.7. The predicted molar refractivity (Wildman–Crippen MR) is 104 cm³/mol. The number of aryl methyl sites for hydroxylation is 1. The highest BCUT2D eigenvalue weighted by Crippen LogP contribution is 2.35. The molecule has 0 aliphatic carbocycles. The van der Waals surface area contributed by atoms with E-state index in [0.29, 0.717) is 13.2 Å². The van der Waals surface area contributed by atoms with Gasteiger partial charge in [-0.15, -0.1) is 0 Å². The molecule has 2 aliphatic rings. The van der Waals surface area contributed by atoms with Crippen LogP contribution in [0.1, 0.15) is 11.1 Å². The van der Waals surface area contributed by atoms with Crippen molar-refractivity contribution in [3.8, 4) is 0 Å². The molecule has 1 fully saturated rings. The van der Waals surface area contributed by atoms with Crippen LogP contribution in [0.2, 0.25) is 0 Å². The molecule has 27 heavy (non-hydrogen) atoms. The first-order chi connectivity index (χ1) is 13.1. The van der Waals surface area contributed by atoms with Gasteiger partial charge >= 0.3 is 6.09 Å². The lowest BCUT2D eigenvalue weighted by Crippen LogP contribution is -2.33. The lowest BCUT2D eigenvalue weighted by Gasteiger charge is -2.32. The van der Waals surface area contributed by atoms with Gasteiger partial charge in [0.2, 0.25) is 0 Å². The lowest BCUT2D eigenvalue weighted by molar-refractivity contribution is 0.181. The molecule has 0 radical (unpaired) electrons. The SMILES string of the molecule is Cn1nc(Br)c2c(N3CCc4c(cccc4N4CCOC4=O)C3)ncnc21. The van der Waals surface area contributed by atoms with Crippen LogP contribution in [0.15, 0.2) is 29.1 Å². The quantitative estimate of drug-likeness (QED) is 0.624. The van der Waals surface area contributed by atoms with Crippen LogP contribution in [-0.4, -0.2) is 45.5 Å². The molecule has 1 amide bonds. The van der Waals surface area contributed by atoms with Gasteiger partial charge in [-0.2, -0.15) is 5.10 Å². The molecule has 138 valence electrons. The molecular formula is C18H17BrN6O2. The van der Waals surface area contributed by atoms with Crippen LogP contribution in [0, 0.1) is 0 Å². The van der Waals surface area contributed by atoms with Gasteiger partial charge in [-0.25, -0.2) is 19.4 Å². The van der Waals surface area contributed by atoms with Gasteiger partial charge in [0, 0.05) is 20.1 Å². The van der Waals surface area contributed by atoms with Crippen molar-refractivity contribution in [2.75, 3.05) is 29.5 Å². The molecular weight excluding hydrogens is 412 g/mol. The monoisotopic (exact) mass is 428 g/mol. The molecule has 0 saturated carbocycles. The van der Waals surface area contributed by atoms with Crippen LogP contribution in [-0.2, 0) is 24.8 Å². The molecule has 2 aliphatic heterocycles. The third-order valence-corrected chi connectivity index (χ3v) is 5.71. The number of nitrogens with zero attached hydrogens (tertiary/aromatic N) is 6. The van der Waals surface area contributed by atoms with Crippen molar-refractivity contribution in [2.24, 2.45) is 7.05 Å². The van der Waals surface area contributed by atoms with Crippen LogP contribution in [0.5, 0.6) is 0 Å². The number of aromatic nitrogens is 4. The summed E-state index contributed by atoms with van der Waals surface area (Å²) in [5, 5.41) is 5.33. The van der Waals surface area contributed by atoms with E-state index >= 15 is 0 Å². The first-order valence-electron chi connectivity index (χ1n) is 8.76. The molecule has 0 atom stereocenters. The number of cyclic esters (lactones) is 1. The second-order valence-electron chi connectivity index (χ2n) is 6.66. The molecule has 0 unspecified atom stereocenters. The van der Waals surface area contributed by atoms with Gasteiger partial charge in [-0.1, -0.05) is 12.1 Å². The minimum absolute atomic E-state index is 0.261. The zero-order valence-corrected chi connectivity index (χ0v) is 16.3. The summed E-state index contributed by atoms with van der Waals surface area (Å²) >= 11 is 3.53. The molecule has 0 N–H and O–H groups in total. The molecule has 4 heterocycles. The lowest BCUT2D eigenvalue weighted by atomic mass is 9.97. The number of anilines is 2. The Morgan fingerprint density at radius 2 is 2.11 bits per heavy atom. The van der Waals surface area contributed by atoms with Crippen molar-refractivity contribution >= 4 is 44.6 Å². The number of benzene rings is 1. The third kappa shape index (κ3) is 2.56. The van der Waals surface area contributed by atoms with Crippen LogP contribution in [0.3, 0.4) is 0 Å². The molecule has 5 rings (SSSR count). The zero-order chi connectivity index (χ0) is 18.5. The topological polar surface area (TPSA) is 76.4 Å². The molecule has 9 heteroatoms. The van der Waals surface area contributed by atoms with Gasteiger partial charge in [0.1, 0.15) is 23.4 Å². The van der Waals surface area contributed by atoms with Crippen LogP contribution >= 0.6 is 15.9 Å². The highest BCUT2D eigenvalue weighted by molar-refractivity contribution is 9.10. The second kappa shape index (κ2) is 6.19. The Balaban J connectivity index is 1.54. The van der Waals surface area contributed by atoms with Crippen molar-refractivity contribution in [1.82, 2.24) is 19.7 Å². The Bertz CT molecular complexity index is 1070. The van der Waals surface area contributed by atoms with E-state index in [9.17, 15) is 4.79 Å². The fourth-order valence-electron chi connectivity index (χ4n) is 3.90. The van der Waals surface area contributed by atoms with E-state index in [4.69, 9.17) is 4.74 Å². The minimum atomic E-state index is -0.261. The van der Waals surface area contributed by atoms with E-state index in [1.807, 2.05) is 19.2 Å². The van der Waals surface area contributed by atoms with E-state index in [2.05, 4.69) is 42.0 Å². The first-order valence-corrected chi connectivity index (χ1v) is 9.56. The molecule has 2 aromatic heterocycles. The van der Waals surface area contributed by atoms with Crippen LogP contribution < -0.4 is 9.80 Å². The summed E-state index contributed by atoms with van der Waals surface area (Å²) < 4.78 is 7.61. The largest absolute Gasteiger partial charge is 0.447 e. The number of hydrogen-bond donors (Lipinski definition) is 0. The average Bonchev–Trinajstić information content (AvgIpc) is 3.24. The standard InChI is InChI=1S/C18H17BrN6O2/c1-23-16-14(15(19)22-23)17(21-10-20-16)24-6-5-12-11(9-24)3-2-4-13(12)25-7-8-27-18(25)26/h2-4,10H,5-9H2,1H3. The predicted octanol–water partition coefficient (Wildman–Crippen LogP) is 2.65. The molecule has 1 aromatic carbocycles. The highest BCUT2D eigenvalue weighted by Gasteiger charge is 2.29. The summed E-state index contributed by atoms with van der Waals surface area (Å²) in [6, 6.07) is 6.11. The first kappa shape index (κ1) is 16.5. The van der Waals surface area contributed by atoms with Crippen molar-refractivity contribution in [2.45, 2.75) is 13.0 Å². The Hall–Kier alpha value is -2.68. The number of halogens is 1. The number of hydrogen-bond acceptors (Lipinski definition) is 6. The van der Waals surface area contributed by atoms with E-state index in [-0.39, 0.29) is 6.09 Å². The Labute approximate surface area is 163 Å². The highest BCUT2D eigenvalue weighted by atomic mass is 79.9. The molecule has 3 aromatic rings. The van der Waals surface area contributed by atoms with Crippen molar-refractivity contribution in [3.05, 3.63) is 40.3 Å². The van der Waals surface area contributed by atoms with Gasteiger partial charge in [0.15, 0.2) is 5.65 Å². The van der Waals surface area contributed by atoms with Gasteiger partial charge in [0.25, 0.3) is 0 Å². The van der Waals surface area contributed by atoms with Crippen molar-refractivity contribution < 1.29 is 9.53 Å². The number of ether oxygens (including phenoxy) is 1. The second-order valence-corrected chi connectivity index (χ2v) is 7.41. The average molecular weight is 429 g/mol. The van der Waals surface area contributed by atoms with E-state index in [1.165, 1.54) is 11.1 Å². The van der Waals surface area contributed by atoms with Crippen molar-refractivity contribution in [3.63, 3.8) is 0 Å². The minimum Gasteiger partial charge on any atom is -0.447 e. The summed E-state index contributed by atoms with van der Waals surface area (Å²) in [4.78, 5) is 24.9. The number of amides is 1. The summed E-state index contributed by atoms with van der Waals surface area (Å²) in [6.45, 7) is 2.58. The molecule has 0 bridgehead atoms. The molecule has 1 saturated heterocycles. The number of rotatable bonds is 2. The number of carbonyl (C=O) groups is 1. The fourth-order valence-corrected chi connectivity index (χ4v) is 4.49. The van der Waals surface area contributed by atoms with Gasteiger partial charge in [0.05, 0.1) is 17.6 Å². The molecule has 8 nitrogen and oxygen atoms in total. The third-order valence-electron chi connectivity index (χ3n) is 5.15. The fraction of sp³-hybridized carbons (Fsp3) is 0.333. The Morgan fingerprint density at radius 1 is 1.22 bits per heavy atom.